The van der Waals surface area contributed by atoms with E-state index < -0.39 is 0 Å². The summed E-state index contributed by atoms with van der Waals surface area (Å²) < 4.78 is 0. The Kier molecular flexibility index (Phi) is 3.93. The molecule has 1 heterocycles. The van der Waals surface area contributed by atoms with Crippen LogP contribution in [-0.2, 0) is 0 Å². The van der Waals surface area contributed by atoms with Crippen molar-refractivity contribution in [2.45, 2.75) is 10.1 Å². The molecule has 0 saturated heterocycles. The predicted molar refractivity (Wildman–Crippen MR) is 69.8 cm³/mol. The van der Waals surface area contributed by atoms with Crippen molar-refractivity contribution in [2.24, 2.45) is 0 Å². The van der Waals surface area contributed by atoms with Crippen molar-refractivity contribution in [3.8, 4) is 0 Å². The third-order valence-corrected chi connectivity index (χ3v) is 3.47. The molecule has 4 nitrogen and oxygen atoms in total. The molecule has 0 unspecified atom stereocenters. The predicted octanol–water partition coefficient (Wildman–Crippen LogP) is 3.57. The average molecular weight is 308 g/mol. The van der Waals surface area contributed by atoms with Gasteiger partial charge >= 0.3 is 0 Å². The minimum atomic E-state index is 0.0556. The summed E-state index contributed by atoms with van der Waals surface area (Å²) in [6.07, 6.45) is 0. The zero-order valence-electron chi connectivity index (χ0n) is 8.19. The molecule has 0 saturated carbocycles. The van der Waals surface area contributed by atoms with Gasteiger partial charge in [0, 0.05) is 4.90 Å². The molecule has 0 aliphatic carbocycles. The second-order valence-corrected chi connectivity index (χ2v) is 5.12. The summed E-state index contributed by atoms with van der Waals surface area (Å²) in [5, 5.41) is 1.41. The van der Waals surface area contributed by atoms with E-state index in [4.69, 9.17) is 40.5 Å². The van der Waals surface area contributed by atoms with Crippen molar-refractivity contribution in [2.75, 3.05) is 5.73 Å². The normalized spacial score (nSPS) is 10.5. The summed E-state index contributed by atoms with van der Waals surface area (Å²) in [6.45, 7) is 0. The van der Waals surface area contributed by atoms with Crippen LogP contribution in [0.25, 0.3) is 0 Å². The minimum Gasteiger partial charge on any atom is -0.368 e. The zero-order chi connectivity index (χ0) is 12.4. The molecule has 1 aromatic heterocycles. The SMILES string of the molecule is Nc1nc(Cl)nc(Sc2ccc(Cl)c(Cl)c2)n1. The summed E-state index contributed by atoms with van der Waals surface area (Å²) in [5.74, 6) is 0.0764. The van der Waals surface area contributed by atoms with Gasteiger partial charge in [-0.2, -0.15) is 15.0 Å². The molecule has 0 aliphatic heterocycles. The largest absolute Gasteiger partial charge is 0.368 e. The first-order valence-corrected chi connectivity index (χ1v) is 6.29. The van der Waals surface area contributed by atoms with Gasteiger partial charge in [0.2, 0.25) is 11.2 Å². The van der Waals surface area contributed by atoms with Crippen LogP contribution >= 0.6 is 46.6 Å². The number of halogens is 3. The smallest absolute Gasteiger partial charge is 0.228 e. The fourth-order valence-corrected chi connectivity index (χ4v) is 2.41. The van der Waals surface area contributed by atoms with Crippen molar-refractivity contribution in [3.05, 3.63) is 33.5 Å². The van der Waals surface area contributed by atoms with Crippen LogP contribution in [0.3, 0.4) is 0 Å². The van der Waals surface area contributed by atoms with E-state index >= 15 is 0 Å². The number of hydrogen-bond donors (Lipinski definition) is 1. The van der Waals surface area contributed by atoms with Crippen molar-refractivity contribution < 1.29 is 0 Å². The highest BCUT2D eigenvalue weighted by Crippen LogP contribution is 2.31. The third-order valence-electron chi connectivity index (χ3n) is 1.71. The standard InChI is InChI=1S/C9H5Cl3N4S/c10-5-2-1-4(3-6(5)11)17-9-15-7(12)14-8(13)16-9/h1-3H,(H2,13,14,15,16). The lowest BCUT2D eigenvalue weighted by atomic mass is 10.4. The average Bonchev–Trinajstić information content (AvgIpc) is 2.22. The fraction of sp³-hybridized carbons (Fsp3) is 0. The van der Waals surface area contributed by atoms with Crippen molar-refractivity contribution >= 4 is 52.5 Å². The van der Waals surface area contributed by atoms with Gasteiger partial charge in [0.1, 0.15) is 0 Å². The van der Waals surface area contributed by atoms with E-state index in [0.29, 0.717) is 15.2 Å². The molecule has 0 aliphatic rings. The van der Waals surface area contributed by atoms with Gasteiger partial charge in [-0.25, -0.2) is 0 Å². The maximum atomic E-state index is 5.89. The molecule has 2 N–H and O–H groups in total. The van der Waals surface area contributed by atoms with E-state index in [1.165, 1.54) is 11.8 Å². The fourth-order valence-electron chi connectivity index (χ4n) is 1.04. The Morgan fingerprint density at radius 2 is 1.76 bits per heavy atom. The Labute approximate surface area is 117 Å². The van der Waals surface area contributed by atoms with Crippen LogP contribution in [0, 0.1) is 0 Å². The minimum absolute atomic E-state index is 0.0556. The number of rotatable bonds is 2. The van der Waals surface area contributed by atoms with Crippen LogP contribution in [0.2, 0.25) is 15.3 Å². The van der Waals surface area contributed by atoms with Gasteiger partial charge in [0.25, 0.3) is 0 Å². The topological polar surface area (TPSA) is 64.7 Å². The Balaban J connectivity index is 2.28. The highest BCUT2D eigenvalue weighted by atomic mass is 35.5. The zero-order valence-corrected chi connectivity index (χ0v) is 11.3. The van der Waals surface area contributed by atoms with E-state index in [1.807, 2.05) is 0 Å². The summed E-state index contributed by atoms with van der Waals surface area (Å²) in [4.78, 5) is 12.4. The number of nitrogens with zero attached hydrogens (tertiary/aromatic N) is 3. The van der Waals surface area contributed by atoms with Crippen LogP contribution in [-0.4, -0.2) is 15.0 Å². The highest BCUT2D eigenvalue weighted by Gasteiger charge is 2.06. The van der Waals surface area contributed by atoms with Crippen LogP contribution in [0.5, 0.6) is 0 Å². The molecular weight excluding hydrogens is 303 g/mol. The van der Waals surface area contributed by atoms with Crippen molar-refractivity contribution in [1.82, 2.24) is 15.0 Å². The monoisotopic (exact) mass is 306 g/mol. The van der Waals surface area contributed by atoms with Gasteiger partial charge in [0.15, 0.2) is 5.16 Å². The van der Waals surface area contributed by atoms with E-state index in [9.17, 15) is 0 Å². The molecule has 0 spiro atoms. The first-order valence-electron chi connectivity index (χ1n) is 4.34. The second-order valence-electron chi connectivity index (χ2n) is 2.92. The van der Waals surface area contributed by atoms with Crippen LogP contribution in [0.15, 0.2) is 28.3 Å². The maximum Gasteiger partial charge on any atom is 0.228 e. The molecule has 88 valence electrons. The number of anilines is 1. The lowest BCUT2D eigenvalue weighted by Crippen LogP contribution is -1.98. The van der Waals surface area contributed by atoms with Gasteiger partial charge in [0.05, 0.1) is 10.0 Å². The summed E-state index contributed by atoms with van der Waals surface area (Å²) in [6, 6.07) is 5.20. The van der Waals surface area contributed by atoms with Crippen molar-refractivity contribution in [1.29, 1.82) is 0 Å². The molecule has 0 radical (unpaired) electrons. The number of benzene rings is 1. The van der Waals surface area contributed by atoms with E-state index in [0.717, 1.165) is 4.90 Å². The van der Waals surface area contributed by atoms with Crippen LogP contribution in [0.1, 0.15) is 0 Å². The summed E-state index contributed by atoms with van der Waals surface area (Å²) in [5.41, 5.74) is 5.46. The number of nitrogen functional groups attached to an aromatic ring is 1. The number of aromatic nitrogens is 3. The molecule has 0 bridgehead atoms. The summed E-state index contributed by atoms with van der Waals surface area (Å²) in [7, 11) is 0. The number of nitrogens with two attached hydrogens (primary N) is 1. The molecule has 2 aromatic rings. The highest BCUT2D eigenvalue weighted by molar-refractivity contribution is 7.99. The second kappa shape index (κ2) is 5.27. The lowest BCUT2D eigenvalue weighted by molar-refractivity contribution is 0.917. The molecule has 1 aromatic carbocycles. The van der Waals surface area contributed by atoms with E-state index in [-0.39, 0.29) is 11.2 Å². The van der Waals surface area contributed by atoms with Gasteiger partial charge in [-0.15, -0.1) is 0 Å². The molecule has 0 fully saturated rings. The molecular formula is C9H5Cl3N4S. The molecule has 0 amide bonds. The first kappa shape index (κ1) is 12.7. The van der Waals surface area contributed by atoms with Gasteiger partial charge in [-0.05, 0) is 41.6 Å². The van der Waals surface area contributed by atoms with Crippen LogP contribution < -0.4 is 5.73 Å². The Morgan fingerprint density at radius 3 is 2.41 bits per heavy atom. The van der Waals surface area contributed by atoms with Gasteiger partial charge in [-0.3, -0.25) is 0 Å². The summed E-state index contributed by atoms with van der Waals surface area (Å²) >= 11 is 18.6. The maximum absolute atomic E-state index is 5.89. The quantitative estimate of drug-likeness (QED) is 0.919. The van der Waals surface area contributed by atoms with Gasteiger partial charge in [-0.1, -0.05) is 23.2 Å². The molecule has 17 heavy (non-hydrogen) atoms. The van der Waals surface area contributed by atoms with Crippen molar-refractivity contribution in [3.63, 3.8) is 0 Å². The number of hydrogen-bond acceptors (Lipinski definition) is 5. The third kappa shape index (κ3) is 3.35. The molecule has 2 rings (SSSR count). The Hall–Kier alpha value is -0.750. The first-order chi connectivity index (χ1) is 8.04. The van der Waals surface area contributed by atoms with E-state index in [1.54, 1.807) is 18.2 Å². The Morgan fingerprint density at radius 1 is 1.00 bits per heavy atom. The van der Waals surface area contributed by atoms with E-state index in [2.05, 4.69) is 15.0 Å². The molecule has 8 heteroatoms. The Bertz CT molecular complexity index is 544. The van der Waals surface area contributed by atoms with Crippen LogP contribution in [0.4, 0.5) is 5.95 Å². The lowest BCUT2D eigenvalue weighted by Gasteiger charge is -2.02. The van der Waals surface area contributed by atoms with Gasteiger partial charge < -0.3 is 5.73 Å². The molecule has 0 atom stereocenters.